The molecular formula is C14H13BrF4N2O. The first-order valence-corrected chi connectivity index (χ1v) is 7.29. The summed E-state index contributed by atoms with van der Waals surface area (Å²) in [6.45, 7) is -0.182. The number of aliphatic hydroxyl groups excluding tert-OH is 1. The predicted molar refractivity (Wildman–Crippen MR) is 75.8 cm³/mol. The molecule has 0 aliphatic heterocycles. The Morgan fingerprint density at radius 2 is 1.95 bits per heavy atom. The van der Waals surface area contributed by atoms with E-state index in [4.69, 9.17) is 5.11 Å². The summed E-state index contributed by atoms with van der Waals surface area (Å²) in [6.07, 6.45) is -2.97. The van der Waals surface area contributed by atoms with Crippen molar-refractivity contribution in [3.8, 4) is 0 Å². The fourth-order valence-electron chi connectivity index (χ4n) is 2.07. The number of aromatic nitrogens is 2. The van der Waals surface area contributed by atoms with Crippen molar-refractivity contribution in [2.45, 2.75) is 25.6 Å². The first kappa shape index (κ1) is 17.0. The topological polar surface area (TPSA) is 38.0 Å². The van der Waals surface area contributed by atoms with Gasteiger partial charge in [0.25, 0.3) is 0 Å². The zero-order valence-corrected chi connectivity index (χ0v) is 13.0. The highest BCUT2D eigenvalue weighted by molar-refractivity contribution is 9.10. The minimum absolute atomic E-state index is 0.0144. The number of alkyl halides is 3. The van der Waals surface area contributed by atoms with Gasteiger partial charge in [-0.3, -0.25) is 4.68 Å². The van der Waals surface area contributed by atoms with Crippen LogP contribution < -0.4 is 0 Å². The summed E-state index contributed by atoms with van der Waals surface area (Å²) in [7, 11) is 0. The van der Waals surface area contributed by atoms with Gasteiger partial charge in [-0.1, -0.05) is 15.9 Å². The molecule has 1 aromatic carbocycles. The minimum atomic E-state index is -4.56. The molecule has 2 aromatic rings. The lowest BCUT2D eigenvalue weighted by molar-refractivity contribution is -0.142. The molecule has 0 fully saturated rings. The summed E-state index contributed by atoms with van der Waals surface area (Å²) in [6, 6.07) is 3.99. The van der Waals surface area contributed by atoms with Crippen molar-refractivity contribution in [2.75, 3.05) is 6.61 Å². The molecule has 0 bridgehead atoms. The quantitative estimate of drug-likeness (QED) is 0.801. The molecule has 0 saturated heterocycles. The summed E-state index contributed by atoms with van der Waals surface area (Å²) in [5.41, 5.74) is -0.451. The van der Waals surface area contributed by atoms with Crippen molar-refractivity contribution >= 4 is 15.9 Å². The zero-order valence-electron chi connectivity index (χ0n) is 11.4. The first-order valence-electron chi connectivity index (χ1n) is 6.49. The van der Waals surface area contributed by atoms with Gasteiger partial charge in [0.2, 0.25) is 0 Å². The second-order valence-corrected chi connectivity index (χ2v) is 5.62. The van der Waals surface area contributed by atoms with Gasteiger partial charge in [-0.05, 0) is 36.6 Å². The van der Waals surface area contributed by atoms with E-state index < -0.39 is 17.7 Å². The summed E-state index contributed by atoms with van der Waals surface area (Å²) in [4.78, 5) is 0. The van der Waals surface area contributed by atoms with Crippen LogP contribution in [0.15, 0.2) is 28.9 Å². The van der Waals surface area contributed by atoms with Crippen molar-refractivity contribution in [2.24, 2.45) is 0 Å². The molecule has 0 unspecified atom stereocenters. The molecule has 3 nitrogen and oxygen atoms in total. The molecule has 1 aromatic heterocycles. The van der Waals surface area contributed by atoms with Crippen LogP contribution in [0.2, 0.25) is 0 Å². The maximum absolute atomic E-state index is 13.2. The lowest BCUT2D eigenvalue weighted by Crippen LogP contribution is -2.10. The summed E-state index contributed by atoms with van der Waals surface area (Å²) in [5.74, 6) is -0.470. The molecule has 0 amide bonds. The van der Waals surface area contributed by atoms with Crippen LogP contribution in [-0.4, -0.2) is 21.5 Å². The number of benzene rings is 1. The standard InChI is InChI=1S/C14H13BrF4N2O/c15-12-4-3-11(16)6-10(12)8-21-7-9(2-1-5-22)13(20-21)14(17,18)19/h3-4,6-7,22H,1-2,5,8H2. The van der Waals surface area contributed by atoms with Gasteiger partial charge < -0.3 is 5.11 Å². The number of rotatable bonds is 5. The molecular weight excluding hydrogens is 368 g/mol. The van der Waals surface area contributed by atoms with E-state index in [-0.39, 0.29) is 31.6 Å². The Kier molecular flexibility index (Phi) is 5.23. The van der Waals surface area contributed by atoms with Crippen LogP contribution in [0.25, 0.3) is 0 Å². The second kappa shape index (κ2) is 6.78. The van der Waals surface area contributed by atoms with Crippen molar-refractivity contribution in [3.05, 3.63) is 51.5 Å². The molecule has 0 radical (unpaired) electrons. The van der Waals surface area contributed by atoms with Crippen LogP contribution in [0.5, 0.6) is 0 Å². The lowest BCUT2D eigenvalue weighted by Gasteiger charge is -2.06. The van der Waals surface area contributed by atoms with Gasteiger partial charge in [0, 0.05) is 22.8 Å². The van der Waals surface area contributed by atoms with Crippen LogP contribution in [0.3, 0.4) is 0 Å². The molecule has 22 heavy (non-hydrogen) atoms. The normalized spacial score (nSPS) is 11.9. The maximum atomic E-state index is 13.2. The van der Waals surface area contributed by atoms with E-state index in [2.05, 4.69) is 21.0 Å². The Hall–Kier alpha value is -1.41. The van der Waals surface area contributed by atoms with Gasteiger partial charge in [-0.25, -0.2) is 4.39 Å². The third-order valence-corrected chi connectivity index (χ3v) is 3.82. The van der Waals surface area contributed by atoms with Gasteiger partial charge in [-0.2, -0.15) is 18.3 Å². The van der Waals surface area contributed by atoms with Crippen molar-refractivity contribution < 1.29 is 22.7 Å². The average Bonchev–Trinajstić information content (AvgIpc) is 2.83. The average molecular weight is 381 g/mol. The highest BCUT2D eigenvalue weighted by atomic mass is 79.9. The van der Waals surface area contributed by atoms with Crippen molar-refractivity contribution in [1.82, 2.24) is 9.78 Å². The Morgan fingerprint density at radius 3 is 2.59 bits per heavy atom. The number of hydrogen-bond acceptors (Lipinski definition) is 2. The Morgan fingerprint density at radius 1 is 1.23 bits per heavy atom. The van der Waals surface area contributed by atoms with Crippen LogP contribution >= 0.6 is 15.9 Å². The van der Waals surface area contributed by atoms with E-state index >= 15 is 0 Å². The molecule has 1 N–H and O–H groups in total. The predicted octanol–water partition coefficient (Wildman–Crippen LogP) is 3.78. The highest BCUT2D eigenvalue weighted by Crippen LogP contribution is 2.31. The fraction of sp³-hybridized carbons (Fsp3) is 0.357. The molecule has 0 atom stereocenters. The smallest absolute Gasteiger partial charge is 0.396 e. The van der Waals surface area contributed by atoms with Crippen LogP contribution in [0.4, 0.5) is 17.6 Å². The zero-order chi connectivity index (χ0) is 16.3. The van der Waals surface area contributed by atoms with E-state index in [1.807, 2.05) is 0 Å². The van der Waals surface area contributed by atoms with Crippen LogP contribution in [0.1, 0.15) is 23.2 Å². The molecule has 2 rings (SSSR count). The second-order valence-electron chi connectivity index (χ2n) is 4.76. The first-order chi connectivity index (χ1) is 10.3. The number of aliphatic hydroxyl groups is 1. The van der Waals surface area contributed by atoms with E-state index in [0.717, 1.165) is 4.68 Å². The van der Waals surface area contributed by atoms with Gasteiger partial charge in [0.1, 0.15) is 5.82 Å². The van der Waals surface area contributed by atoms with E-state index in [1.165, 1.54) is 24.4 Å². The monoisotopic (exact) mass is 380 g/mol. The Labute approximate surface area is 132 Å². The highest BCUT2D eigenvalue weighted by Gasteiger charge is 2.36. The van der Waals surface area contributed by atoms with Gasteiger partial charge in [0.15, 0.2) is 5.69 Å². The van der Waals surface area contributed by atoms with E-state index in [9.17, 15) is 17.6 Å². The molecule has 8 heteroatoms. The molecule has 0 saturated carbocycles. The SMILES string of the molecule is OCCCc1cn(Cc2cc(F)ccc2Br)nc1C(F)(F)F. The van der Waals surface area contributed by atoms with Gasteiger partial charge in [-0.15, -0.1) is 0 Å². The maximum Gasteiger partial charge on any atom is 0.435 e. The lowest BCUT2D eigenvalue weighted by atomic mass is 10.1. The van der Waals surface area contributed by atoms with Crippen molar-refractivity contribution in [1.29, 1.82) is 0 Å². The summed E-state index contributed by atoms with van der Waals surface area (Å²) < 4.78 is 53.8. The number of aryl methyl sites for hydroxylation is 1. The van der Waals surface area contributed by atoms with Crippen LogP contribution in [0, 0.1) is 5.82 Å². The van der Waals surface area contributed by atoms with Gasteiger partial charge in [0.05, 0.1) is 6.54 Å². The molecule has 0 aliphatic carbocycles. The van der Waals surface area contributed by atoms with Crippen molar-refractivity contribution in [3.63, 3.8) is 0 Å². The fourth-order valence-corrected chi connectivity index (χ4v) is 2.45. The number of nitrogens with zero attached hydrogens (tertiary/aromatic N) is 2. The Bertz CT molecular complexity index is 655. The third-order valence-electron chi connectivity index (χ3n) is 3.05. The minimum Gasteiger partial charge on any atom is -0.396 e. The van der Waals surface area contributed by atoms with Gasteiger partial charge >= 0.3 is 6.18 Å². The summed E-state index contributed by atoms with van der Waals surface area (Å²) >= 11 is 3.23. The van der Waals surface area contributed by atoms with E-state index in [1.54, 1.807) is 0 Å². The third kappa shape index (κ3) is 4.07. The Balaban J connectivity index is 2.31. The molecule has 0 aliphatic rings. The largest absolute Gasteiger partial charge is 0.435 e. The molecule has 120 valence electrons. The number of hydrogen-bond donors (Lipinski definition) is 1. The van der Waals surface area contributed by atoms with E-state index in [0.29, 0.717) is 10.0 Å². The summed E-state index contributed by atoms with van der Waals surface area (Å²) in [5, 5.41) is 12.3. The van der Waals surface area contributed by atoms with Crippen LogP contribution in [-0.2, 0) is 19.1 Å². The molecule has 1 heterocycles. The molecule has 0 spiro atoms. The number of halogens is 5.